The molecule has 0 heterocycles. The standard InChI is InChI=1S/C84H164O17P2/c1-7-9-11-13-15-16-17-18-19-20-21-22-23-24-29-32-35-38-44-50-56-62-68-83(88)101-80(73-95-82(87)67-61-55-49-43-37-34-31-28-26-25-27-30-33-36-41-47-52-58-64-76(3)4)75-99-103(92,93)97-71-78(85)70-96-102(90,91)98-74-79(72-94-81(86)66-60-54-46-14-12-10-8-2)100-84(89)69-63-57-51-45-40-39-42-48-53-59-65-77(5)6/h76-80,85H,7-75H2,1-6H3,(H,90,91)(H,92,93)/t78-,79+,80+/m0/s1. The Hall–Kier alpha value is -1.94. The number of hydrogen-bond acceptors (Lipinski definition) is 15. The van der Waals surface area contributed by atoms with Gasteiger partial charge in [-0.2, -0.15) is 0 Å². The average Bonchev–Trinajstić information content (AvgIpc) is 0.908. The molecule has 19 heteroatoms. The van der Waals surface area contributed by atoms with Gasteiger partial charge in [-0.25, -0.2) is 9.13 Å². The Morgan fingerprint density at radius 3 is 0.660 bits per heavy atom. The zero-order valence-corrected chi connectivity index (χ0v) is 69.4. The van der Waals surface area contributed by atoms with E-state index in [1.165, 1.54) is 250 Å². The molecule has 0 aromatic carbocycles. The quantitative estimate of drug-likeness (QED) is 0.0222. The van der Waals surface area contributed by atoms with Crippen molar-refractivity contribution in [3.8, 4) is 0 Å². The summed E-state index contributed by atoms with van der Waals surface area (Å²) in [5.74, 6) is -0.537. The lowest BCUT2D eigenvalue weighted by Crippen LogP contribution is -2.30. The molecule has 0 rings (SSSR count). The van der Waals surface area contributed by atoms with Crippen molar-refractivity contribution in [1.29, 1.82) is 0 Å². The molecule has 612 valence electrons. The number of esters is 4. The first kappa shape index (κ1) is 101. The Kier molecular flexibility index (Phi) is 74.1. The van der Waals surface area contributed by atoms with Gasteiger partial charge in [-0.15, -0.1) is 0 Å². The maximum absolute atomic E-state index is 13.1. The Labute approximate surface area is 632 Å². The summed E-state index contributed by atoms with van der Waals surface area (Å²) in [6, 6.07) is 0. The fourth-order valence-corrected chi connectivity index (χ4v) is 14.6. The number of phosphoric acid groups is 2. The lowest BCUT2D eigenvalue weighted by atomic mass is 10.0. The Morgan fingerprint density at radius 2 is 0.447 bits per heavy atom. The molecule has 0 radical (unpaired) electrons. The van der Waals surface area contributed by atoms with Gasteiger partial charge in [0.2, 0.25) is 0 Å². The first-order valence-electron chi connectivity index (χ1n) is 43.5. The van der Waals surface area contributed by atoms with Gasteiger partial charge >= 0.3 is 39.5 Å². The summed E-state index contributed by atoms with van der Waals surface area (Å²) in [6.45, 7) is 9.63. The van der Waals surface area contributed by atoms with Gasteiger partial charge in [-0.3, -0.25) is 37.3 Å². The van der Waals surface area contributed by atoms with Gasteiger partial charge in [0.25, 0.3) is 0 Å². The lowest BCUT2D eigenvalue weighted by molar-refractivity contribution is -0.161. The van der Waals surface area contributed by atoms with Crippen LogP contribution < -0.4 is 0 Å². The van der Waals surface area contributed by atoms with E-state index in [9.17, 15) is 43.2 Å². The predicted octanol–water partition coefficient (Wildman–Crippen LogP) is 25.5. The van der Waals surface area contributed by atoms with Crippen LogP contribution in [0.2, 0.25) is 0 Å². The molecule has 2 unspecified atom stereocenters. The highest BCUT2D eigenvalue weighted by Crippen LogP contribution is 2.45. The fraction of sp³-hybridized carbons (Fsp3) is 0.952. The molecule has 0 aromatic rings. The molecule has 0 amide bonds. The zero-order chi connectivity index (χ0) is 75.6. The van der Waals surface area contributed by atoms with Crippen LogP contribution in [0.4, 0.5) is 0 Å². The van der Waals surface area contributed by atoms with Crippen LogP contribution in [0.1, 0.15) is 446 Å². The number of hydrogen-bond donors (Lipinski definition) is 3. The normalized spacial score (nSPS) is 13.9. The van der Waals surface area contributed by atoms with Crippen LogP contribution >= 0.6 is 15.6 Å². The summed E-state index contributed by atoms with van der Waals surface area (Å²) < 4.78 is 68.7. The molecular formula is C84H164O17P2. The maximum atomic E-state index is 13.1. The molecule has 17 nitrogen and oxygen atoms in total. The van der Waals surface area contributed by atoms with E-state index in [4.69, 9.17) is 37.0 Å². The second-order valence-electron chi connectivity index (χ2n) is 31.2. The molecule has 0 saturated carbocycles. The second-order valence-corrected chi connectivity index (χ2v) is 34.1. The van der Waals surface area contributed by atoms with E-state index in [-0.39, 0.29) is 25.7 Å². The minimum Gasteiger partial charge on any atom is -0.462 e. The number of phosphoric ester groups is 2. The highest BCUT2D eigenvalue weighted by Gasteiger charge is 2.30. The van der Waals surface area contributed by atoms with Crippen molar-refractivity contribution in [3.63, 3.8) is 0 Å². The third kappa shape index (κ3) is 78.0. The first-order valence-corrected chi connectivity index (χ1v) is 46.5. The summed E-state index contributed by atoms with van der Waals surface area (Å²) in [5, 5.41) is 10.6. The van der Waals surface area contributed by atoms with Crippen molar-refractivity contribution >= 4 is 39.5 Å². The molecule has 103 heavy (non-hydrogen) atoms. The van der Waals surface area contributed by atoms with Crippen LogP contribution in [-0.4, -0.2) is 96.7 Å². The van der Waals surface area contributed by atoms with Crippen LogP contribution in [0.15, 0.2) is 0 Å². The van der Waals surface area contributed by atoms with Crippen molar-refractivity contribution in [2.75, 3.05) is 39.6 Å². The average molecular weight is 1510 g/mol. The molecular weight excluding hydrogens is 1340 g/mol. The van der Waals surface area contributed by atoms with E-state index in [0.29, 0.717) is 25.7 Å². The number of carbonyl (C=O) groups is 4. The van der Waals surface area contributed by atoms with Crippen LogP contribution in [0.3, 0.4) is 0 Å². The topological polar surface area (TPSA) is 237 Å². The van der Waals surface area contributed by atoms with Crippen LogP contribution in [0.25, 0.3) is 0 Å². The number of ether oxygens (including phenoxy) is 4. The van der Waals surface area contributed by atoms with E-state index in [0.717, 1.165) is 115 Å². The zero-order valence-electron chi connectivity index (χ0n) is 67.6. The maximum Gasteiger partial charge on any atom is 0.472 e. The Bertz CT molecular complexity index is 1980. The predicted molar refractivity (Wildman–Crippen MR) is 423 cm³/mol. The van der Waals surface area contributed by atoms with Crippen molar-refractivity contribution in [1.82, 2.24) is 0 Å². The summed E-state index contributed by atoms with van der Waals surface area (Å²) in [4.78, 5) is 72.9. The number of rotatable bonds is 83. The smallest absolute Gasteiger partial charge is 0.462 e. The minimum absolute atomic E-state index is 0.106. The van der Waals surface area contributed by atoms with Gasteiger partial charge in [0, 0.05) is 25.7 Å². The summed E-state index contributed by atoms with van der Waals surface area (Å²) in [6.07, 6.45) is 67.1. The monoisotopic (exact) mass is 1510 g/mol. The van der Waals surface area contributed by atoms with E-state index in [1.807, 2.05) is 0 Å². The number of carbonyl (C=O) groups excluding carboxylic acids is 4. The molecule has 3 N–H and O–H groups in total. The molecule has 0 aliphatic carbocycles. The third-order valence-electron chi connectivity index (χ3n) is 19.7. The molecule has 5 atom stereocenters. The van der Waals surface area contributed by atoms with Gasteiger partial charge in [0.15, 0.2) is 12.2 Å². The van der Waals surface area contributed by atoms with E-state index < -0.39 is 97.5 Å². The SMILES string of the molecule is CCCCCCCCCCCCCCCCCCCCCCCCC(=O)O[C@H](COC(=O)CCCCCCCCCCCCCCCCCCCCC(C)C)COP(=O)(O)OC[C@@H](O)COP(=O)(O)OC[C@@H](COC(=O)CCCCCCCCC)OC(=O)CCCCCCCCCCCCC(C)C. The van der Waals surface area contributed by atoms with Gasteiger partial charge in [-0.1, -0.05) is 395 Å². The molecule has 0 bridgehead atoms. The molecule has 0 aliphatic rings. The molecule has 0 aliphatic heterocycles. The Morgan fingerprint density at radius 1 is 0.262 bits per heavy atom. The largest absolute Gasteiger partial charge is 0.472 e. The van der Waals surface area contributed by atoms with Crippen molar-refractivity contribution in [2.24, 2.45) is 11.8 Å². The second kappa shape index (κ2) is 75.5. The highest BCUT2D eigenvalue weighted by atomic mass is 31.2. The van der Waals surface area contributed by atoms with Crippen molar-refractivity contribution in [2.45, 2.75) is 464 Å². The number of aliphatic hydroxyl groups is 1. The van der Waals surface area contributed by atoms with E-state index in [1.54, 1.807) is 0 Å². The van der Waals surface area contributed by atoms with Gasteiger partial charge < -0.3 is 33.8 Å². The molecule has 0 saturated heterocycles. The van der Waals surface area contributed by atoms with Gasteiger partial charge in [0.1, 0.15) is 19.3 Å². The number of unbranched alkanes of at least 4 members (excludes halogenated alkanes) is 53. The third-order valence-corrected chi connectivity index (χ3v) is 21.6. The van der Waals surface area contributed by atoms with Crippen LogP contribution in [-0.2, 0) is 65.4 Å². The fourth-order valence-electron chi connectivity index (χ4n) is 13.1. The van der Waals surface area contributed by atoms with E-state index >= 15 is 0 Å². The summed E-state index contributed by atoms with van der Waals surface area (Å²) >= 11 is 0. The lowest BCUT2D eigenvalue weighted by Gasteiger charge is -2.21. The molecule has 0 spiro atoms. The Balaban J connectivity index is 5.15. The summed E-state index contributed by atoms with van der Waals surface area (Å²) in [5.41, 5.74) is 0. The van der Waals surface area contributed by atoms with Gasteiger partial charge in [-0.05, 0) is 37.5 Å². The number of aliphatic hydroxyl groups excluding tert-OH is 1. The van der Waals surface area contributed by atoms with Crippen LogP contribution in [0, 0.1) is 11.8 Å². The first-order chi connectivity index (χ1) is 49.9. The summed E-state index contributed by atoms with van der Waals surface area (Å²) in [7, 11) is -9.92. The van der Waals surface area contributed by atoms with Crippen molar-refractivity contribution < 1.29 is 80.2 Å². The molecule has 0 fully saturated rings. The van der Waals surface area contributed by atoms with Crippen molar-refractivity contribution in [3.05, 3.63) is 0 Å². The highest BCUT2D eigenvalue weighted by molar-refractivity contribution is 7.47. The van der Waals surface area contributed by atoms with Crippen LogP contribution in [0.5, 0.6) is 0 Å². The molecule has 0 aromatic heterocycles. The van der Waals surface area contributed by atoms with E-state index in [2.05, 4.69) is 41.5 Å². The van der Waals surface area contributed by atoms with Gasteiger partial charge in [0.05, 0.1) is 26.4 Å². The minimum atomic E-state index is -4.96.